The van der Waals surface area contributed by atoms with Gasteiger partial charge in [-0.15, -0.1) is 0 Å². The quantitative estimate of drug-likeness (QED) is 0.668. The highest BCUT2D eigenvalue weighted by Crippen LogP contribution is 2.30. The maximum absolute atomic E-state index is 11.3. The number of carboxylic acid groups (broad SMARTS) is 1. The second-order valence-corrected chi connectivity index (χ2v) is 4.95. The topological polar surface area (TPSA) is 83.7 Å². The molecule has 0 aromatic heterocycles. The van der Waals surface area contributed by atoms with E-state index in [9.17, 15) is 20.0 Å². The van der Waals surface area contributed by atoms with Crippen LogP contribution in [-0.4, -0.2) is 28.6 Å². The Morgan fingerprint density at radius 1 is 1.53 bits per heavy atom. The smallest absolute Gasteiger partial charge is 0.326 e. The van der Waals surface area contributed by atoms with Gasteiger partial charge in [0.15, 0.2) is 0 Å². The lowest BCUT2D eigenvalue weighted by molar-refractivity contribution is -0.384. The molecule has 1 aliphatic heterocycles. The molecule has 2 unspecified atom stereocenters. The Hall–Kier alpha value is -2.11. The molecule has 0 saturated carbocycles. The summed E-state index contributed by atoms with van der Waals surface area (Å²) in [7, 11) is 0. The zero-order valence-corrected chi connectivity index (χ0v) is 10.7. The van der Waals surface area contributed by atoms with Crippen LogP contribution in [0.25, 0.3) is 0 Å². The molecule has 1 aromatic rings. The molecule has 0 spiro atoms. The Bertz CT molecular complexity index is 503. The van der Waals surface area contributed by atoms with Crippen LogP contribution in [0.5, 0.6) is 0 Å². The fraction of sp³-hybridized carbons (Fsp3) is 0.462. The van der Waals surface area contributed by atoms with Gasteiger partial charge in [-0.1, -0.05) is 13.0 Å². The standard InChI is InChI=1S/C13H16N2O4/c1-9-5-6-14(12(7-9)13(16)17)10-3-2-4-11(8-10)15(18)19/h2-4,8-9,12H,5-7H2,1H3,(H,16,17). The molecule has 0 bridgehead atoms. The monoisotopic (exact) mass is 264 g/mol. The minimum absolute atomic E-state index is 0.0136. The molecule has 102 valence electrons. The molecule has 1 aromatic carbocycles. The van der Waals surface area contributed by atoms with Gasteiger partial charge in [-0.05, 0) is 24.8 Å². The van der Waals surface area contributed by atoms with Crippen molar-refractivity contribution in [3.8, 4) is 0 Å². The number of piperidine rings is 1. The van der Waals surface area contributed by atoms with E-state index in [1.165, 1.54) is 12.1 Å². The Morgan fingerprint density at radius 3 is 2.89 bits per heavy atom. The van der Waals surface area contributed by atoms with Gasteiger partial charge in [0.05, 0.1) is 4.92 Å². The number of anilines is 1. The third-order valence-electron chi connectivity index (χ3n) is 3.52. The number of nitro groups is 1. The van der Waals surface area contributed by atoms with Gasteiger partial charge in [-0.2, -0.15) is 0 Å². The average Bonchev–Trinajstić information content (AvgIpc) is 2.38. The minimum Gasteiger partial charge on any atom is -0.480 e. The normalized spacial score (nSPS) is 23.1. The van der Waals surface area contributed by atoms with Gasteiger partial charge in [-0.3, -0.25) is 10.1 Å². The van der Waals surface area contributed by atoms with E-state index in [-0.39, 0.29) is 5.69 Å². The maximum Gasteiger partial charge on any atom is 0.326 e. The molecule has 6 nitrogen and oxygen atoms in total. The van der Waals surface area contributed by atoms with E-state index in [1.54, 1.807) is 17.0 Å². The van der Waals surface area contributed by atoms with Crippen molar-refractivity contribution in [1.29, 1.82) is 0 Å². The first-order valence-corrected chi connectivity index (χ1v) is 6.23. The van der Waals surface area contributed by atoms with Crippen molar-refractivity contribution in [3.05, 3.63) is 34.4 Å². The lowest BCUT2D eigenvalue weighted by atomic mass is 9.92. The van der Waals surface area contributed by atoms with Crippen LogP contribution < -0.4 is 4.90 Å². The summed E-state index contributed by atoms with van der Waals surface area (Å²) < 4.78 is 0. The number of hydrogen-bond donors (Lipinski definition) is 1. The largest absolute Gasteiger partial charge is 0.480 e. The molecule has 0 amide bonds. The van der Waals surface area contributed by atoms with Gasteiger partial charge < -0.3 is 10.0 Å². The maximum atomic E-state index is 11.3. The number of nitrogens with zero attached hydrogens (tertiary/aromatic N) is 2. The molecular weight excluding hydrogens is 248 g/mol. The van der Waals surface area contributed by atoms with Crippen molar-refractivity contribution in [2.75, 3.05) is 11.4 Å². The Morgan fingerprint density at radius 2 is 2.26 bits per heavy atom. The second-order valence-electron chi connectivity index (χ2n) is 4.95. The molecule has 2 atom stereocenters. The van der Waals surface area contributed by atoms with Crippen LogP contribution in [0, 0.1) is 16.0 Å². The summed E-state index contributed by atoms with van der Waals surface area (Å²) >= 11 is 0. The van der Waals surface area contributed by atoms with Crippen molar-refractivity contribution in [2.45, 2.75) is 25.8 Å². The summed E-state index contributed by atoms with van der Waals surface area (Å²) in [4.78, 5) is 23.4. The first-order valence-electron chi connectivity index (χ1n) is 6.23. The molecule has 0 radical (unpaired) electrons. The number of benzene rings is 1. The number of carboxylic acids is 1. The highest BCUT2D eigenvalue weighted by molar-refractivity contribution is 5.78. The third-order valence-corrected chi connectivity index (χ3v) is 3.52. The van der Waals surface area contributed by atoms with Crippen LogP contribution in [-0.2, 0) is 4.79 Å². The van der Waals surface area contributed by atoms with Crippen molar-refractivity contribution in [3.63, 3.8) is 0 Å². The van der Waals surface area contributed by atoms with Crippen LogP contribution in [0.3, 0.4) is 0 Å². The first kappa shape index (κ1) is 13.3. The molecule has 1 N–H and O–H groups in total. The van der Waals surface area contributed by atoms with E-state index in [4.69, 9.17) is 0 Å². The van der Waals surface area contributed by atoms with Gasteiger partial charge in [-0.25, -0.2) is 4.79 Å². The number of aliphatic carboxylic acids is 1. The van der Waals surface area contributed by atoms with E-state index in [0.717, 1.165) is 6.42 Å². The van der Waals surface area contributed by atoms with Gasteiger partial charge in [0.25, 0.3) is 5.69 Å². The van der Waals surface area contributed by atoms with Crippen LogP contribution in [0.2, 0.25) is 0 Å². The number of rotatable bonds is 3. The summed E-state index contributed by atoms with van der Waals surface area (Å²) in [5, 5.41) is 20.1. The van der Waals surface area contributed by atoms with Crippen LogP contribution in [0.15, 0.2) is 24.3 Å². The zero-order chi connectivity index (χ0) is 14.0. The molecule has 1 saturated heterocycles. The van der Waals surface area contributed by atoms with E-state index >= 15 is 0 Å². The second kappa shape index (κ2) is 5.26. The van der Waals surface area contributed by atoms with Crippen molar-refractivity contribution in [2.24, 2.45) is 5.92 Å². The molecule has 1 heterocycles. The van der Waals surface area contributed by atoms with Crippen LogP contribution in [0.4, 0.5) is 11.4 Å². The highest BCUT2D eigenvalue weighted by atomic mass is 16.6. The molecule has 0 aliphatic carbocycles. The van der Waals surface area contributed by atoms with E-state index in [2.05, 4.69) is 0 Å². The van der Waals surface area contributed by atoms with Gasteiger partial charge in [0, 0.05) is 24.4 Å². The molecule has 1 fully saturated rings. The van der Waals surface area contributed by atoms with Crippen molar-refractivity contribution in [1.82, 2.24) is 0 Å². The van der Waals surface area contributed by atoms with E-state index in [0.29, 0.717) is 24.6 Å². The summed E-state index contributed by atoms with van der Waals surface area (Å²) in [6.45, 7) is 2.64. The molecular formula is C13H16N2O4. The molecule has 2 rings (SSSR count). The van der Waals surface area contributed by atoms with E-state index < -0.39 is 16.9 Å². The lowest BCUT2D eigenvalue weighted by Gasteiger charge is -2.37. The minimum atomic E-state index is -0.877. The molecule has 6 heteroatoms. The SMILES string of the molecule is CC1CCN(c2cccc([N+](=O)[O-])c2)C(C(=O)O)C1. The van der Waals surface area contributed by atoms with Crippen LogP contribution >= 0.6 is 0 Å². The lowest BCUT2D eigenvalue weighted by Crippen LogP contribution is -2.47. The number of carbonyl (C=O) groups is 1. The Balaban J connectivity index is 2.30. The van der Waals surface area contributed by atoms with Crippen LogP contribution in [0.1, 0.15) is 19.8 Å². The first-order chi connectivity index (χ1) is 8.99. The van der Waals surface area contributed by atoms with Gasteiger partial charge in [0.2, 0.25) is 0 Å². The fourth-order valence-corrected chi connectivity index (χ4v) is 2.47. The number of nitro benzene ring substituents is 1. The van der Waals surface area contributed by atoms with E-state index in [1.807, 2.05) is 6.92 Å². The Kier molecular flexibility index (Phi) is 3.69. The molecule has 19 heavy (non-hydrogen) atoms. The van der Waals surface area contributed by atoms with Crippen molar-refractivity contribution >= 4 is 17.3 Å². The van der Waals surface area contributed by atoms with Gasteiger partial charge >= 0.3 is 5.97 Å². The van der Waals surface area contributed by atoms with Crippen molar-refractivity contribution < 1.29 is 14.8 Å². The fourth-order valence-electron chi connectivity index (χ4n) is 2.47. The Labute approximate surface area is 110 Å². The third kappa shape index (κ3) is 2.83. The predicted molar refractivity (Wildman–Crippen MR) is 70.3 cm³/mol. The highest BCUT2D eigenvalue weighted by Gasteiger charge is 2.32. The molecule has 1 aliphatic rings. The van der Waals surface area contributed by atoms with Gasteiger partial charge in [0.1, 0.15) is 6.04 Å². The number of hydrogen-bond acceptors (Lipinski definition) is 4. The summed E-state index contributed by atoms with van der Waals surface area (Å²) in [6, 6.07) is 5.55. The summed E-state index contributed by atoms with van der Waals surface area (Å²) in [5.74, 6) is -0.519. The predicted octanol–water partition coefficient (Wildman–Crippen LogP) is 2.28. The summed E-state index contributed by atoms with van der Waals surface area (Å²) in [5.41, 5.74) is 0.591. The summed E-state index contributed by atoms with van der Waals surface area (Å²) in [6.07, 6.45) is 1.46. The average molecular weight is 264 g/mol. The number of non-ortho nitro benzene ring substituents is 1. The zero-order valence-electron chi connectivity index (χ0n) is 10.7.